The molecule has 0 saturated carbocycles. The number of piperidine rings is 1. The van der Waals surface area contributed by atoms with Gasteiger partial charge in [-0.3, -0.25) is 14.6 Å². The third kappa shape index (κ3) is 5.05. The first-order chi connectivity index (χ1) is 11.0. The molecule has 1 aliphatic heterocycles. The molecule has 2 amide bonds. The second-order valence-corrected chi connectivity index (χ2v) is 6.84. The summed E-state index contributed by atoms with van der Waals surface area (Å²) in [5, 5.41) is 2.86. The van der Waals surface area contributed by atoms with Crippen LogP contribution in [0.5, 0.6) is 0 Å². The molecule has 0 atom stereocenters. The zero-order valence-electron chi connectivity index (χ0n) is 14.3. The summed E-state index contributed by atoms with van der Waals surface area (Å²) in [4.78, 5) is 30.6. The fourth-order valence-corrected chi connectivity index (χ4v) is 2.65. The zero-order valence-corrected chi connectivity index (χ0v) is 14.3. The third-order valence-electron chi connectivity index (χ3n) is 4.32. The second kappa shape index (κ2) is 8.09. The van der Waals surface area contributed by atoms with Crippen LogP contribution in [0.25, 0.3) is 0 Å². The van der Waals surface area contributed by atoms with E-state index in [1.807, 2.05) is 4.90 Å². The normalized spacial score (nSPS) is 15.7. The summed E-state index contributed by atoms with van der Waals surface area (Å²) >= 11 is 0. The van der Waals surface area contributed by atoms with Crippen molar-refractivity contribution < 1.29 is 9.59 Å². The van der Waals surface area contributed by atoms with E-state index in [1.165, 1.54) is 6.20 Å². The summed E-state index contributed by atoms with van der Waals surface area (Å²) in [7, 11) is 0. The van der Waals surface area contributed by atoms with Crippen LogP contribution in [0.3, 0.4) is 0 Å². The van der Waals surface area contributed by atoms with Gasteiger partial charge in [-0.25, -0.2) is 0 Å². The van der Waals surface area contributed by atoms with E-state index < -0.39 is 0 Å². The van der Waals surface area contributed by atoms with Gasteiger partial charge in [0, 0.05) is 31.4 Å². The van der Waals surface area contributed by atoms with Crippen molar-refractivity contribution in [1.29, 1.82) is 0 Å². The maximum atomic E-state index is 12.6. The number of nitrogens with one attached hydrogen (secondary N) is 1. The maximum absolute atomic E-state index is 12.6. The number of nitrogens with zero attached hydrogens (tertiary/aromatic N) is 2. The first-order valence-electron chi connectivity index (χ1n) is 8.51. The molecular weight excluding hydrogens is 290 g/mol. The standard InChI is InChI=1S/C18H27N3O2/c1-13(2)4-8-20-17(22)16-12-15(5-9-19-16)18(23)21-10-6-14(3)7-11-21/h5,9,12-14H,4,6-8,10-11H2,1-3H3,(H,20,22). The number of pyridine rings is 1. The molecule has 1 aromatic heterocycles. The van der Waals surface area contributed by atoms with E-state index in [2.05, 4.69) is 31.1 Å². The van der Waals surface area contributed by atoms with Crippen LogP contribution in [0, 0.1) is 11.8 Å². The quantitative estimate of drug-likeness (QED) is 0.908. The minimum absolute atomic E-state index is 0.00414. The lowest BCUT2D eigenvalue weighted by Crippen LogP contribution is -2.38. The van der Waals surface area contributed by atoms with Gasteiger partial charge >= 0.3 is 0 Å². The summed E-state index contributed by atoms with van der Waals surface area (Å²) in [5.41, 5.74) is 0.855. The van der Waals surface area contributed by atoms with Crippen LogP contribution in [0.2, 0.25) is 0 Å². The summed E-state index contributed by atoms with van der Waals surface area (Å²) in [6.07, 6.45) is 4.55. The van der Waals surface area contributed by atoms with E-state index in [9.17, 15) is 9.59 Å². The Morgan fingerprint density at radius 3 is 2.70 bits per heavy atom. The molecule has 1 saturated heterocycles. The fraction of sp³-hybridized carbons (Fsp3) is 0.611. The molecule has 0 aromatic carbocycles. The summed E-state index contributed by atoms with van der Waals surface area (Å²) in [6, 6.07) is 3.29. The number of hydrogen-bond donors (Lipinski definition) is 1. The van der Waals surface area contributed by atoms with E-state index in [0.29, 0.717) is 29.6 Å². The minimum atomic E-state index is -0.215. The largest absolute Gasteiger partial charge is 0.351 e. The monoisotopic (exact) mass is 317 g/mol. The molecule has 5 heteroatoms. The van der Waals surface area contributed by atoms with Gasteiger partial charge in [-0.05, 0) is 43.2 Å². The van der Waals surface area contributed by atoms with Crippen molar-refractivity contribution in [3.63, 3.8) is 0 Å². The van der Waals surface area contributed by atoms with Crippen LogP contribution >= 0.6 is 0 Å². The van der Waals surface area contributed by atoms with Gasteiger partial charge in [0.15, 0.2) is 0 Å². The van der Waals surface area contributed by atoms with Crippen molar-refractivity contribution in [2.45, 2.75) is 40.0 Å². The van der Waals surface area contributed by atoms with Gasteiger partial charge in [-0.15, -0.1) is 0 Å². The molecule has 1 fully saturated rings. The number of carbonyl (C=O) groups is 2. The Balaban J connectivity index is 1.98. The molecule has 5 nitrogen and oxygen atoms in total. The molecule has 0 unspecified atom stereocenters. The van der Waals surface area contributed by atoms with Crippen molar-refractivity contribution >= 4 is 11.8 Å². The Hall–Kier alpha value is -1.91. The van der Waals surface area contributed by atoms with Crippen LogP contribution in [0.4, 0.5) is 0 Å². The fourth-order valence-electron chi connectivity index (χ4n) is 2.65. The number of amides is 2. The van der Waals surface area contributed by atoms with Gasteiger partial charge in [-0.2, -0.15) is 0 Å². The van der Waals surface area contributed by atoms with Gasteiger partial charge < -0.3 is 10.2 Å². The number of likely N-dealkylation sites (tertiary alicyclic amines) is 1. The van der Waals surface area contributed by atoms with E-state index in [0.717, 1.165) is 32.4 Å². The van der Waals surface area contributed by atoms with Gasteiger partial charge in [0.1, 0.15) is 5.69 Å². The molecule has 0 bridgehead atoms. The molecule has 126 valence electrons. The zero-order chi connectivity index (χ0) is 16.8. The SMILES string of the molecule is CC(C)CCNC(=O)c1cc(C(=O)N2CCC(C)CC2)ccn1. The lowest BCUT2D eigenvalue weighted by molar-refractivity contribution is 0.0697. The third-order valence-corrected chi connectivity index (χ3v) is 4.32. The molecular formula is C18H27N3O2. The van der Waals surface area contributed by atoms with Crippen LogP contribution in [-0.2, 0) is 0 Å². The average Bonchev–Trinajstić information content (AvgIpc) is 2.54. The molecule has 0 aliphatic carbocycles. The second-order valence-electron chi connectivity index (χ2n) is 6.84. The van der Waals surface area contributed by atoms with E-state index >= 15 is 0 Å². The Kier molecular flexibility index (Phi) is 6.13. The van der Waals surface area contributed by atoms with Crippen LogP contribution in [-0.4, -0.2) is 41.3 Å². The molecule has 1 aliphatic rings. The van der Waals surface area contributed by atoms with Crippen LogP contribution in [0.15, 0.2) is 18.3 Å². The van der Waals surface area contributed by atoms with Gasteiger partial charge in [0.2, 0.25) is 0 Å². The number of rotatable bonds is 5. The van der Waals surface area contributed by atoms with Gasteiger partial charge in [0.25, 0.3) is 11.8 Å². The molecule has 2 heterocycles. The first-order valence-corrected chi connectivity index (χ1v) is 8.51. The smallest absolute Gasteiger partial charge is 0.269 e. The Morgan fingerprint density at radius 1 is 1.35 bits per heavy atom. The highest BCUT2D eigenvalue weighted by molar-refractivity contribution is 5.98. The number of carbonyl (C=O) groups excluding carboxylic acids is 2. The molecule has 23 heavy (non-hydrogen) atoms. The lowest BCUT2D eigenvalue weighted by atomic mass is 9.98. The van der Waals surface area contributed by atoms with Crippen molar-refractivity contribution in [2.75, 3.05) is 19.6 Å². The van der Waals surface area contributed by atoms with Crippen molar-refractivity contribution in [3.8, 4) is 0 Å². The lowest BCUT2D eigenvalue weighted by Gasteiger charge is -2.30. The Labute approximate surface area is 138 Å². The molecule has 0 spiro atoms. The van der Waals surface area contributed by atoms with Crippen molar-refractivity contribution in [2.24, 2.45) is 11.8 Å². The summed E-state index contributed by atoms with van der Waals surface area (Å²) < 4.78 is 0. The molecule has 1 N–H and O–H groups in total. The number of hydrogen-bond acceptors (Lipinski definition) is 3. The van der Waals surface area contributed by atoms with Gasteiger partial charge in [-0.1, -0.05) is 20.8 Å². The highest BCUT2D eigenvalue weighted by atomic mass is 16.2. The van der Waals surface area contributed by atoms with Crippen LogP contribution < -0.4 is 5.32 Å². The topological polar surface area (TPSA) is 62.3 Å². The van der Waals surface area contributed by atoms with Gasteiger partial charge in [0.05, 0.1) is 0 Å². The predicted molar refractivity (Wildman–Crippen MR) is 90.3 cm³/mol. The highest BCUT2D eigenvalue weighted by Gasteiger charge is 2.22. The van der Waals surface area contributed by atoms with Crippen molar-refractivity contribution in [1.82, 2.24) is 15.2 Å². The molecule has 2 rings (SSSR count). The molecule has 0 radical (unpaired) electrons. The predicted octanol–water partition coefficient (Wildman–Crippen LogP) is 2.73. The Bertz CT molecular complexity index is 549. The van der Waals surface area contributed by atoms with E-state index in [-0.39, 0.29) is 11.8 Å². The van der Waals surface area contributed by atoms with Crippen molar-refractivity contribution in [3.05, 3.63) is 29.6 Å². The molecule has 1 aromatic rings. The van der Waals surface area contributed by atoms with Crippen LogP contribution in [0.1, 0.15) is 60.9 Å². The number of aromatic nitrogens is 1. The maximum Gasteiger partial charge on any atom is 0.269 e. The van der Waals surface area contributed by atoms with E-state index in [4.69, 9.17) is 0 Å². The summed E-state index contributed by atoms with van der Waals surface area (Å²) in [5.74, 6) is 1.000. The highest BCUT2D eigenvalue weighted by Crippen LogP contribution is 2.18. The first kappa shape index (κ1) is 17.4. The van der Waals surface area contributed by atoms with E-state index in [1.54, 1.807) is 12.1 Å². The Morgan fingerprint density at radius 2 is 2.04 bits per heavy atom. The summed E-state index contributed by atoms with van der Waals surface area (Å²) in [6.45, 7) is 8.65. The minimum Gasteiger partial charge on any atom is -0.351 e. The average molecular weight is 317 g/mol.